The van der Waals surface area contributed by atoms with E-state index in [-0.39, 0.29) is 22.5 Å². The highest BCUT2D eigenvalue weighted by Crippen LogP contribution is 2.32. The predicted octanol–water partition coefficient (Wildman–Crippen LogP) is -1.84. The van der Waals surface area contributed by atoms with E-state index in [9.17, 15) is 50.8 Å². The number of hydrogen-bond donors (Lipinski definition) is 9. The zero-order chi connectivity index (χ0) is 31.6. The van der Waals surface area contributed by atoms with Crippen LogP contribution in [0.4, 0.5) is 0 Å². The highest BCUT2D eigenvalue weighted by Gasteiger charge is 2.43. The molecule has 9 N–H and O–H groups in total. The Hall–Kier alpha value is -3.35. The van der Waals surface area contributed by atoms with E-state index in [1.165, 1.54) is 20.1 Å². The molecule has 15 nitrogen and oxygen atoms in total. The lowest BCUT2D eigenvalue weighted by Crippen LogP contribution is -2.58. The third kappa shape index (κ3) is 7.08. The van der Waals surface area contributed by atoms with Crippen LogP contribution in [-0.2, 0) is 9.47 Å². The first-order chi connectivity index (χ1) is 20.3. The third-order valence-corrected chi connectivity index (χ3v) is 7.04. The number of aromatic hydroxyl groups is 1. The number of phenolic OH excluding ortho intramolecular Hbond substituents is 1. The van der Waals surface area contributed by atoms with E-state index in [1.807, 2.05) is 0 Å². The van der Waals surface area contributed by atoms with Crippen LogP contribution >= 0.6 is 0 Å². The fourth-order valence-corrected chi connectivity index (χ4v) is 4.46. The molecule has 1 aliphatic rings. The average Bonchev–Trinajstić information content (AvgIpc) is 2.99. The summed E-state index contributed by atoms with van der Waals surface area (Å²) in [6.45, 7) is 0.652. The van der Waals surface area contributed by atoms with Crippen LogP contribution in [0.3, 0.4) is 0 Å². The molecule has 0 spiro atoms. The maximum atomic E-state index is 12.7. The SMILES string of the molecule is COc1ccc(-c2cc(=O)c3c(O)cc(OC(O)[C@@H](O)[C@H](O)[C@@H](O)[C@@H](O)CO[C@@H]4O[C@@H](C)[C@H](O)[C@@H](O)[C@H]4O)cc3o2)cc1. The molecular formula is C28H34O15. The first kappa shape index (κ1) is 32.6. The molecular weight excluding hydrogens is 576 g/mol. The van der Waals surface area contributed by atoms with E-state index in [2.05, 4.69) is 0 Å². The normalized spacial score (nSPS) is 26.0. The summed E-state index contributed by atoms with van der Waals surface area (Å²) in [5.41, 5.74) is -0.173. The van der Waals surface area contributed by atoms with Gasteiger partial charge in [0.25, 0.3) is 0 Å². The Morgan fingerprint density at radius 3 is 2.19 bits per heavy atom. The van der Waals surface area contributed by atoms with E-state index in [4.69, 9.17) is 23.4 Å². The zero-order valence-corrected chi connectivity index (χ0v) is 23.0. The Bertz CT molecular complexity index is 1430. The minimum Gasteiger partial charge on any atom is -0.507 e. The topological polar surface area (TPSA) is 249 Å². The van der Waals surface area contributed by atoms with Gasteiger partial charge in [0.15, 0.2) is 11.7 Å². The minimum atomic E-state index is -2.22. The van der Waals surface area contributed by atoms with Gasteiger partial charge in [-0.2, -0.15) is 0 Å². The van der Waals surface area contributed by atoms with Crippen molar-refractivity contribution in [2.75, 3.05) is 13.7 Å². The van der Waals surface area contributed by atoms with Gasteiger partial charge in [0.1, 0.15) is 76.7 Å². The first-order valence-electron chi connectivity index (χ1n) is 13.2. The van der Waals surface area contributed by atoms with Crippen LogP contribution in [0.5, 0.6) is 17.2 Å². The maximum Gasteiger partial charge on any atom is 0.226 e. The lowest BCUT2D eigenvalue weighted by Gasteiger charge is -2.39. The lowest BCUT2D eigenvalue weighted by atomic mass is 10.00. The Morgan fingerprint density at radius 2 is 1.53 bits per heavy atom. The van der Waals surface area contributed by atoms with Gasteiger partial charge >= 0.3 is 0 Å². The molecule has 1 fully saturated rings. The molecule has 43 heavy (non-hydrogen) atoms. The van der Waals surface area contributed by atoms with E-state index >= 15 is 0 Å². The van der Waals surface area contributed by atoms with Crippen molar-refractivity contribution in [3.05, 3.63) is 52.7 Å². The fourth-order valence-electron chi connectivity index (χ4n) is 4.46. The summed E-state index contributed by atoms with van der Waals surface area (Å²) in [5, 5.41) is 91.5. The molecule has 0 radical (unpaired) electrons. The lowest BCUT2D eigenvalue weighted by molar-refractivity contribution is -0.299. The number of aliphatic hydroxyl groups is 8. The third-order valence-electron chi connectivity index (χ3n) is 7.04. The van der Waals surface area contributed by atoms with Gasteiger partial charge in [0.2, 0.25) is 6.29 Å². The Morgan fingerprint density at radius 1 is 0.860 bits per heavy atom. The number of rotatable bonds is 11. The summed E-state index contributed by atoms with van der Waals surface area (Å²) < 4.78 is 26.5. The van der Waals surface area contributed by atoms with Gasteiger partial charge in [-0.05, 0) is 31.2 Å². The van der Waals surface area contributed by atoms with Crippen LogP contribution in [0, 0.1) is 0 Å². The molecule has 1 unspecified atom stereocenters. The van der Waals surface area contributed by atoms with Crippen molar-refractivity contribution in [1.29, 1.82) is 0 Å². The number of methoxy groups -OCH3 is 1. The second-order valence-corrected chi connectivity index (χ2v) is 10.1. The van der Waals surface area contributed by atoms with Gasteiger partial charge < -0.3 is 69.3 Å². The molecule has 0 aliphatic carbocycles. The maximum absolute atomic E-state index is 12.7. The number of fused-ring (bicyclic) bond motifs is 1. The Labute approximate surface area is 243 Å². The van der Waals surface area contributed by atoms with Crippen LogP contribution < -0.4 is 14.9 Å². The van der Waals surface area contributed by atoms with Crippen molar-refractivity contribution in [1.82, 2.24) is 0 Å². The monoisotopic (exact) mass is 610 g/mol. The number of benzene rings is 2. The zero-order valence-electron chi connectivity index (χ0n) is 23.0. The van der Waals surface area contributed by atoms with Gasteiger partial charge in [-0.3, -0.25) is 4.79 Å². The summed E-state index contributed by atoms with van der Waals surface area (Å²) in [6.07, 6.45) is -17.7. The van der Waals surface area contributed by atoms with Crippen molar-refractivity contribution < 1.29 is 69.3 Å². The largest absolute Gasteiger partial charge is 0.507 e. The highest BCUT2D eigenvalue weighted by molar-refractivity contribution is 5.86. The molecule has 1 saturated heterocycles. The standard InChI is InChI=1S/C28H34O15/c1-11-21(32)23(34)26(37)28(41-11)40-10-17(31)22(33)24(35)25(36)27(38)42-14-7-15(29)20-16(30)9-18(43-19(20)8-14)12-3-5-13(39-2)6-4-12/h3-9,11,17,21-29,31-38H,10H2,1-2H3/t11-,17-,21-,22-,23+,24+,25-,26+,27?,28+/m0/s1. The fraction of sp³-hybridized carbons (Fsp3) is 0.464. The van der Waals surface area contributed by atoms with Gasteiger partial charge in [-0.25, -0.2) is 0 Å². The molecule has 1 aromatic heterocycles. The van der Waals surface area contributed by atoms with Crippen LogP contribution in [-0.4, -0.2) is 121 Å². The van der Waals surface area contributed by atoms with E-state index in [1.54, 1.807) is 24.3 Å². The molecule has 2 aromatic carbocycles. The molecule has 4 rings (SSSR count). The highest BCUT2D eigenvalue weighted by atomic mass is 16.7. The van der Waals surface area contributed by atoms with Crippen LogP contribution in [0.25, 0.3) is 22.3 Å². The molecule has 3 aromatic rings. The molecule has 236 valence electrons. The van der Waals surface area contributed by atoms with Crippen molar-refractivity contribution >= 4 is 11.0 Å². The second-order valence-electron chi connectivity index (χ2n) is 10.1. The molecule has 15 heteroatoms. The van der Waals surface area contributed by atoms with Gasteiger partial charge in [0.05, 0.1) is 19.8 Å². The van der Waals surface area contributed by atoms with Crippen molar-refractivity contribution in [3.63, 3.8) is 0 Å². The quantitative estimate of drug-likeness (QED) is 0.108. The van der Waals surface area contributed by atoms with E-state index in [0.717, 1.165) is 12.1 Å². The molecule has 10 atom stereocenters. The van der Waals surface area contributed by atoms with Crippen molar-refractivity contribution in [2.45, 2.75) is 68.3 Å². The van der Waals surface area contributed by atoms with Crippen LogP contribution in [0.1, 0.15) is 6.92 Å². The number of ether oxygens (including phenoxy) is 4. The molecule has 0 amide bonds. The van der Waals surface area contributed by atoms with Crippen molar-refractivity contribution in [2.24, 2.45) is 0 Å². The number of aliphatic hydroxyl groups excluding tert-OH is 8. The molecule has 0 bridgehead atoms. The number of phenols is 1. The average molecular weight is 611 g/mol. The Balaban J connectivity index is 1.42. The van der Waals surface area contributed by atoms with Crippen LogP contribution in [0.15, 0.2) is 51.7 Å². The summed E-state index contributed by atoms with van der Waals surface area (Å²) in [7, 11) is 1.50. The van der Waals surface area contributed by atoms with Crippen molar-refractivity contribution in [3.8, 4) is 28.6 Å². The summed E-state index contributed by atoms with van der Waals surface area (Å²) in [6, 6.07) is 9.91. The first-order valence-corrected chi connectivity index (χ1v) is 13.2. The molecule has 0 saturated carbocycles. The summed E-state index contributed by atoms with van der Waals surface area (Å²) >= 11 is 0. The number of hydrogen-bond acceptors (Lipinski definition) is 15. The predicted molar refractivity (Wildman–Crippen MR) is 145 cm³/mol. The molecule has 2 heterocycles. The summed E-state index contributed by atoms with van der Waals surface area (Å²) in [5.74, 6) is -0.113. The van der Waals surface area contributed by atoms with E-state index in [0.29, 0.717) is 11.3 Å². The van der Waals surface area contributed by atoms with Gasteiger partial charge in [-0.1, -0.05) is 0 Å². The van der Waals surface area contributed by atoms with E-state index < -0.39 is 79.2 Å². The smallest absolute Gasteiger partial charge is 0.226 e. The van der Waals surface area contributed by atoms with Gasteiger partial charge in [-0.15, -0.1) is 0 Å². The Kier molecular flexibility index (Phi) is 10.2. The second kappa shape index (κ2) is 13.5. The summed E-state index contributed by atoms with van der Waals surface area (Å²) in [4.78, 5) is 12.7. The minimum absolute atomic E-state index is 0.123. The molecule has 1 aliphatic heterocycles. The van der Waals surface area contributed by atoms with Gasteiger partial charge in [0, 0.05) is 23.8 Å². The van der Waals surface area contributed by atoms with Crippen LogP contribution in [0.2, 0.25) is 0 Å².